The first kappa shape index (κ1) is 14.2. The van der Waals surface area contributed by atoms with E-state index >= 15 is 0 Å². The number of thiophene rings is 1. The highest BCUT2D eigenvalue weighted by molar-refractivity contribution is 7.09. The molecule has 1 aromatic heterocycles. The molecule has 0 bridgehead atoms. The molecule has 5 heteroatoms. The summed E-state index contributed by atoms with van der Waals surface area (Å²) in [6.07, 6.45) is 1.34. The maximum atomic E-state index is 11.7. The van der Waals surface area contributed by atoms with Crippen molar-refractivity contribution in [2.75, 3.05) is 33.4 Å². The van der Waals surface area contributed by atoms with Crippen molar-refractivity contribution in [3.63, 3.8) is 0 Å². The van der Waals surface area contributed by atoms with Gasteiger partial charge >= 0.3 is 0 Å². The van der Waals surface area contributed by atoms with Crippen LogP contribution in [0.15, 0.2) is 17.5 Å². The molecule has 1 aromatic rings. The zero-order chi connectivity index (χ0) is 12.5. The molecule has 0 saturated carbocycles. The lowest BCUT2D eigenvalue weighted by molar-refractivity contribution is -0.130. The van der Waals surface area contributed by atoms with E-state index in [1.165, 1.54) is 4.88 Å². The number of hydrogen-bond donors (Lipinski definition) is 1. The van der Waals surface area contributed by atoms with Gasteiger partial charge in [0, 0.05) is 24.9 Å². The minimum absolute atomic E-state index is 0.0238. The summed E-state index contributed by atoms with van der Waals surface area (Å²) in [5.74, 6) is 0.131. The number of rotatable bonds is 8. The highest BCUT2D eigenvalue weighted by Crippen LogP contribution is 2.11. The molecule has 1 rings (SSSR count). The molecular formula is C12H19NO3S. The van der Waals surface area contributed by atoms with Crippen LogP contribution in [0, 0.1) is 0 Å². The number of likely N-dealkylation sites (N-methyl/N-ethyl adjacent to an activating group) is 1. The van der Waals surface area contributed by atoms with Crippen molar-refractivity contribution in [3.05, 3.63) is 22.4 Å². The second kappa shape index (κ2) is 8.22. The minimum atomic E-state index is 0.0238. The van der Waals surface area contributed by atoms with Crippen molar-refractivity contribution in [2.45, 2.75) is 12.8 Å². The van der Waals surface area contributed by atoms with Crippen LogP contribution in [0.5, 0.6) is 0 Å². The number of ether oxygens (including phenoxy) is 1. The van der Waals surface area contributed by atoms with Crippen LogP contribution in [-0.4, -0.2) is 49.3 Å². The molecule has 0 aromatic carbocycles. The van der Waals surface area contributed by atoms with E-state index in [0.717, 1.165) is 6.42 Å². The van der Waals surface area contributed by atoms with Crippen LogP contribution < -0.4 is 0 Å². The smallest absolute Gasteiger partial charge is 0.222 e. The SMILES string of the molecule is CN(CCOCCO)C(=O)CCc1cccs1. The van der Waals surface area contributed by atoms with Crippen molar-refractivity contribution < 1.29 is 14.6 Å². The molecule has 0 unspecified atom stereocenters. The Hall–Kier alpha value is -0.910. The molecule has 0 radical (unpaired) electrons. The van der Waals surface area contributed by atoms with Crippen molar-refractivity contribution >= 4 is 17.2 Å². The number of amides is 1. The summed E-state index contributed by atoms with van der Waals surface area (Å²) < 4.78 is 5.11. The Morgan fingerprint density at radius 3 is 3.00 bits per heavy atom. The largest absolute Gasteiger partial charge is 0.394 e. The van der Waals surface area contributed by atoms with Crippen molar-refractivity contribution in [2.24, 2.45) is 0 Å². The van der Waals surface area contributed by atoms with E-state index in [4.69, 9.17) is 9.84 Å². The standard InChI is InChI=1S/C12H19NO3S/c1-13(6-8-16-9-7-14)12(15)5-4-11-3-2-10-17-11/h2-3,10,14H,4-9H2,1H3. The molecule has 0 aliphatic rings. The second-order valence-electron chi connectivity index (χ2n) is 3.73. The summed E-state index contributed by atoms with van der Waals surface area (Å²) in [5.41, 5.74) is 0. The van der Waals surface area contributed by atoms with Gasteiger partial charge in [-0.15, -0.1) is 11.3 Å². The van der Waals surface area contributed by atoms with E-state index < -0.39 is 0 Å². The van der Waals surface area contributed by atoms with Gasteiger partial charge in [0.25, 0.3) is 0 Å². The van der Waals surface area contributed by atoms with E-state index in [9.17, 15) is 4.79 Å². The number of aliphatic hydroxyl groups excluding tert-OH is 1. The van der Waals surface area contributed by atoms with Gasteiger partial charge in [-0.2, -0.15) is 0 Å². The second-order valence-corrected chi connectivity index (χ2v) is 4.76. The summed E-state index contributed by atoms with van der Waals surface area (Å²) in [4.78, 5) is 14.6. The van der Waals surface area contributed by atoms with Gasteiger partial charge in [-0.1, -0.05) is 6.07 Å². The molecule has 0 spiro atoms. The van der Waals surface area contributed by atoms with E-state index in [1.54, 1.807) is 23.3 Å². The summed E-state index contributed by atoms with van der Waals surface area (Å²) in [5, 5.41) is 10.5. The molecule has 1 N–H and O–H groups in total. The van der Waals surface area contributed by atoms with Crippen LogP contribution in [0.3, 0.4) is 0 Å². The summed E-state index contributed by atoms with van der Waals surface area (Å²) in [6.45, 7) is 1.40. The van der Waals surface area contributed by atoms with Gasteiger partial charge in [0.05, 0.1) is 19.8 Å². The van der Waals surface area contributed by atoms with Crippen LogP contribution in [0.1, 0.15) is 11.3 Å². The zero-order valence-electron chi connectivity index (χ0n) is 10.1. The quantitative estimate of drug-likeness (QED) is 0.711. The number of aryl methyl sites for hydroxylation is 1. The highest BCUT2D eigenvalue weighted by atomic mass is 32.1. The first-order valence-electron chi connectivity index (χ1n) is 5.69. The Balaban J connectivity index is 2.13. The molecule has 17 heavy (non-hydrogen) atoms. The molecule has 1 amide bonds. The minimum Gasteiger partial charge on any atom is -0.394 e. The molecule has 96 valence electrons. The maximum absolute atomic E-state index is 11.7. The Labute approximate surface area is 106 Å². The van der Waals surface area contributed by atoms with Gasteiger partial charge in [-0.25, -0.2) is 0 Å². The average molecular weight is 257 g/mol. The average Bonchev–Trinajstić information content (AvgIpc) is 2.84. The maximum Gasteiger partial charge on any atom is 0.222 e. The van der Waals surface area contributed by atoms with E-state index in [2.05, 4.69) is 0 Å². The Kier molecular flexibility index (Phi) is 6.84. The lowest BCUT2D eigenvalue weighted by Gasteiger charge is -2.16. The molecule has 0 aliphatic carbocycles. The highest BCUT2D eigenvalue weighted by Gasteiger charge is 2.08. The summed E-state index contributed by atoms with van der Waals surface area (Å²) in [7, 11) is 1.78. The van der Waals surface area contributed by atoms with Gasteiger partial charge in [0.1, 0.15) is 0 Å². The lowest BCUT2D eigenvalue weighted by atomic mass is 10.2. The summed E-state index contributed by atoms with van der Waals surface area (Å²) >= 11 is 1.68. The Bertz CT molecular complexity index is 314. The molecule has 0 fully saturated rings. The molecule has 0 aliphatic heterocycles. The van der Waals surface area contributed by atoms with Gasteiger partial charge in [0.2, 0.25) is 5.91 Å². The molecule has 1 heterocycles. The number of aliphatic hydroxyl groups is 1. The van der Waals surface area contributed by atoms with E-state index in [1.807, 2.05) is 17.5 Å². The Morgan fingerprint density at radius 1 is 1.53 bits per heavy atom. The fourth-order valence-corrected chi connectivity index (χ4v) is 2.08. The first-order chi connectivity index (χ1) is 8.24. The predicted octanol–water partition coefficient (Wildman–Crippen LogP) is 1.15. The number of carbonyl (C=O) groups is 1. The van der Waals surface area contributed by atoms with Crippen LogP contribution in [0.2, 0.25) is 0 Å². The monoisotopic (exact) mass is 257 g/mol. The third-order valence-corrected chi connectivity index (χ3v) is 3.33. The number of hydrogen-bond acceptors (Lipinski definition) is 4. The normalized spacial score (nSPS) is 10.5. The third kappa shape index (κ3) is 5.81. The fraction of sp³-hybridized carbons (Fsp3) is 0.583. The third-order valence-electron chi connectivity index (χ3n) is 2.40. The van der Waals surface area contributed by atoms with Crippen LogP contribution >= 0.6 is 11.3 Å². The first-order valence-corrected chi connectivity index (χ1v) is 6.57. The lowest BCUT2D eigenvalue weighted by Crippen LogP contribution is -2.30. The zero-order valence-corrected chi connectivity index (χ0v) is 10.9. The van der Waals surface area contributed by atoms with Crippen LogP contribution in [0.25, 0.3) is 0 Å². The molecular weight excluding hydrogens is 238 g/mol. The van der Waals surface area contributed by atoms with E-state index in [0.29, 0.717) is 26.2 Å². The van der Waals surface area contributed by atoms with E-state index in [-0.39, 0.29) is 12.5 Å². The predicted molar refractivity (Wildman–Crippen MR) is 68.2 cm³/mol. The van der Waals surface area contributed by atoms with Gasteiger partial charge in [0.15, 0.2) is 0 Å². The number of carbonyl (C=O) groups excluding carboxylic acids is 1. The number of nitrogens with zero attached hydrogens (tertiary/aromatic N) is 1. The molecule has 0 atom stereocenters. The van der Waals surface area contributed by atoms with Crippen LogP contribution in [-0.2, 0) is 16.0 Å². The molecule has 4 nitrogen and oxygen atoms in total. The van der Waals surface area contributed by atoms with Crippen molar-refractivity contribution in [3.8, 4) is 0 Å². The topological polar surface area (TPSA) is 49.8 Å². The van der Waals surface area contributed by atoms with Crippen molar-refractivity contribution in [1.82, 2.24) is 4.90 Å². The van der Waals surface area contributed by atoms with Gasteiger partial charge < -0.3 is 14.7 Å². The summed E-state index contributed by atoms with van der Waals surface area (Å²) in [6, 6.07) is 4.04. The van der Waals surface area contributed by atoms with Crippen LogP contribution in [0.4, 0.5) is 0 Å². The van der Waals surface area contributed by atoms with Crippen molar-refractivity contribution in [1.29, 1.82) is 0 Å². The molecule has 0 saturated heterocycles. The fourth-order valence-electron chi connectivity index (χ4n) is 1.37. The van der Waals surface area contributed by atoms with Gasteiger partial charge in [-0.05, 0) is 17.9 Å². The van der Waals surface area contributed by atoms with Gasteiger partial charge in [-0.3, -0.25) is 4.79 Å². The Morgan fingerprint density at radius 2 is 2.35 bits per heavy atom.